The number of nitrogens with zero attached hydrogens (tertiary/aromatic N) is 4. The summed E-state index contributed by atoms with van der Waals surface area (Å²) < 4.78 is 40.3. The molecule has 140 valence electrons. The van der Waals surface area contributed by atoms with E-state index in [1.54, 1.807) is 36.4 Å². The van der Waals surface area contributed by atoms with E-state index in [-0.39, 0.29) is 16.9 Å². The van der Waals surface area contributed by atoms with E-state index in [1.165, 1.54) is 16.9 Å². The molecule has 0 aliphatic heterocycles. The number of hydrogen-bond acceptors (Lipinski definition) is 4. The highest BCUT2D eigenvalue weighted by molar-refractivity contribution is 5.94. The summed E-state index contributed by atoms with van der Waals surface area (Å²) in [5.41, 5.74) is 0.180. The van der Waals surface area contributed by atoms with E-state index in [1.807, 2.05) is 0 Å². The zero-order chi connectivity index (χ0) is 19.9. The van der Waals surface area contributed by atoms with Gasteiger partial charge in [-0.2, -0.15) is 13.2 Å². The zero-order valence-corrected chi connectivity index (χ0v) is 14.1. The van der Waals surface area contributed by atoms with Gasteiger partial charge in [0.2, 0.25) is 0 Å². The highest BCUT2D eigenvalue weighted by Crippen LogP contribution is 2.33. The molecule has 0 saturated heterocycles. The van der Waals surface area contributed by atoms with E-state index in [4.69, 9.17) is 0 Å². The van der Waals surface area contributed by atoms with Crippen LogP contribution in [0, 0.1) is 0 Å². The van der Waals surface area contributed by atoms with Gasteiger partial charge in [0, 0.05) is 17.1 Å². The number of alkyl halides is 3. The number of aromatic nitrogens is 4. The van der Waals surface area contributed by atoms with Crippen molar-refractivity contribution in [2.75, 3.05) is 0 Å². The molecule has 0 radical (unpaired) electrons. The normalized spacial score (nSPS) is 11.7. The Labute approximate surface area is 155 Å². The van der Waals surface area contributed by atoms with Crippen molar-refractivity contribution < 1.29 is 23.1 Å². The van der Waals surface area contributed by atoms with E-state index >= 15 is 0 Å². The minimum absolute atomic E-state index is 0.110. The maximum Gasteiger partial charge on any atom is 0.416 e. The van der Waals surface area contributed by atoms with Crippen LogP contribution in [-0.2, 0) is 6.18 Å². The Kier molecular flexibility index (Phi) is 4.07. The number of carbonyl (C=O) groups is 1. The summed E-state index contributed by atoms with van der Waals surface area (Å²) >= 11 is 0. The Morgan fingerprint density at radius 2 is 1.79 bits per heavy atom. The van der Waals surface area contributed by atoms with Crippen molar-refractivity contribution in [3.63, 3.8) is 0 Å². The Balaban J connectivity index is 1.98. The van der Waals surface area contributed by atoms with E-state index < -0.39 is 17.7 Å². The molecule has 0 aliphatic rings. The fraction of sp³-hybridized carbons (Fsp3) is 0.0526. The summed E-state index contributed by atoms with van der Waals surface area (Å²) in [4.78, 5) is 15.6. The Hall–Kier alpha value is -3.75. The number of hydrogen-bond donors (Lipinski definition) is 1. The lowest BCUT2D eigenvalue weighted by Gasteiger charge is -2.12. The molecule has 0 saturated carbocycles. The number of halogens is 3. The molecule has 0 unspecified atom stereocenters. The van der Waals surface area contributed by atoms with Gasteiger partial charge >= 0.3 is 12.1 Å². The second kappa shape index (κ2) is 6.45. The molecule has 2 aromatic carbocycles. The SMILES string of the molecule is O=C(O)c1nnn(-c2ccnc3cc(C(F)(F)F)ccc23)c1-c1ccccc1. The largest absolute Gasteiger partial charge is 0.476 e. The molecule has 9 heteroatoms. The maximum atomic E-state index is 13.0. The number of carboxylic acids is 1. The van der Waals surface area contributed by atoms with Gasteiger partial charge in [-0.25, -0.2) is 9.48 Å². The molecule has 0 spiro atoms. The van der Waals surface area contributed by atoms with Gasteiger partial charge in [-0.1, -0.05) is 41.6 Å². The van der Waals surface area contributed by atoms with Crippen LogP contribution in [0.1, 0.15) is 16.1 Å². The number of carboxylic acid groups (broad SMARTS) is 1. The predicted molar refractivity (Wildman–Crippen MR) is 94.1 cm³/mol. The van der Waals surface area contributed by atoms with Crippen LogP contribution >= 0.6 is 0 Å². The van der Waals surface area contributed by atoms with Crippen molar-refractivity contribution in [2.24, 2.45) is 0 Å². The van der Waals surface area contributed by atoms with Crippen molar-refractivity contribution in [1.29, 1.82) is 0 Å². The number of aromatic carboxylic acids is 1. The summed E-state index contributed by atoms with van der Waals surface area (Å²) in [6.45, 7) is 0. The third-order valence-corrected chi connectivity index (χ3v) is 4.20. The monoisotopic (exact) mass is 384 g/mol. The highest BCUT2D eigenvalue weighted by Gasteiger charge is 2.31. The minimum atomic E-state index is -4.50. The van der Waals surface area contributed by atoms with Gasteiger partial charge in [0.25, 0.3) is 0 Å². The third-order valence-electron chi connectivity index (χ3n) is 4.20. The van der Waals surface area contributed by atoms with E-state index in [2.05, 4.69) is 15.3 Å². The smallest absolute Gasteiger partial charge is 0.416 e. The van der Waals surface area contributed by atoms with Gasteiger partial charge in [0.15, 0.2) is 5.69 Å². The van der Waals surface area contributed by atoms with Crippen LogP contribution in [0.2, 0.25) is 0 Å². The van der Waals surface area contributed by atoms with Gasteiger partial charge in [-0.15, -0.1) is 5.10 Å². The summed E-state index contributed by atoms with van der Waals surface area (Å²) in [6, 6.07) is 13.4. The Bertz CT molecular complexity index is 1190. The first-order chi connectivity index (χ1) is 13.4. The lowest BCUT2D eigenvalue weighted by atomic mass is 10.1. The van der Waals surface area contributed by atoms with Crippen LogP contribution in [0.5, 0.6) is 0 Å². The van der Waals surface area contributed by atoms with Crippen molar-refractivity contribution >= 4 is 16.9 Å². The fourth-order valence-corrected chi connectivity index (χ4v) is 2.94. The number of rotatable bonds is 3. The molecule has 0 bridgehead atoms. The lowest BCUT2D eigenvalue weighted by Crippen LogP contribution is -2.06. The average Bonchev–Trinajstić information content (AvgIpc) is 3.12. The van der Waals surface area contributed by atoms with Crippen LogP contribution in [0.25, 0.3) is 27.8 Å². The summed E-state index contributed by atoms with van der Waals surface area (Å²) in [5.74, 6) is -1.26. The van der Waals surface area contributed by atoms with Crippen molar-refractivity contribution in [3.05, 3.63) is 72.1 Å². The van der Waals surface area contributed by atoms with Crippen LogP contribution in [0.3, 0.4) is 0 Å². The summed E-state index contributed by atoms with van der Waals surface area (Å²) in [5, 5.41) is 17.5. The second-order valence-electron chi connectivity index (χ2n) is 5.93. The third kappa shape index (κ3) is 2.96. The van der Waals surface area contributed by atoms with E-state index in [0.29, 0.717) is 16.6 Å². The van der Waals surface area contributed by atoms with Crippen LogP contribution in [-0.4, -0.2) is 31.1 Å². The van der Waals surface area contributed by atoms with Crippen LogP contribution in [0.4, 0.5) is 13.2 Å². The van der Waals surface area contributed by atoms with E-state index in [9.17, 15) is 23.1 Å². The van der Waals surface area contributed by atoms with Gasteiger partial charge in [-0.05, 0) is 18.2 Å². The number of fused-ring (bicyclic) bond motifs is 1. The fourth-order valence-electron chi connectivity index (χ4n) is 2.94. The number of benzene rings is 2. The Morgan fingerprint density at radius 1 is 1.04 bits per heavy atom. The van der Waals surface area contributed by atoms with Crippen molar-refractivity contribution in [1.82, 2.24) is 20.0 Å². The molecule has 0 atom stereocenters. The topological polar surface area (TPSA) is 80.9 Å². The van der Waals surface area contributed by atoms with Crippen molar-refractivity contribution in [2.45, 2.75) is 6.18 Å². The quantitative estimate of drug-likeness (QED) is 0.573. The van der Waals surface area contributed by atoms with Gasteiger partial charge in [0.1, 0.15) is 5.69 Å². The average molecular weight is 384 g/mol. The standard InChI is InChI=1S/C19H11F3N4O2/c20-19(21,22)12-6-7-13-14(10-12)23-9-8-15(13)26-17(11-4-2-1-3-5-11)16(18(27)28)24-25-26/h1-10H,(H,27,28). The van der Waals surface area contributed by atoms with Crippen molar-refractivity contribution in [3.8, 4) is 16.9 Å². The molecule has 28 heavy (non-hydrogen) atoms. The summed E-state index contributed by atoms with van der Waals surface area (Å²) in [6.07, 6.45) is -3.15. The first-order valence-corrected chi connectivity index (χ1v) is 8.07. The molecule has 2 aromatic heterocycles. The van der Waals surface area contributed by atoms with Gasteiger partial charge < -0.3 is 5.11 Å². The minimum Gasteiger partial charge on any atom is -0.476 e. The molecule has 1 N–H and O–H groups in total. The van der Waals surface area contributed by atoms with Crippen LogP contribution in [0.15, 0.2) is 60.8 Å². The zero-order valence-electron chi connectivity index (χ0n) is 14.1. The highest BCUT2D eigenvalue weighted by atomic mass is 19.4. The molecular formula is C19H11F3N4O2. The summed E-state index contributed by atoms with van der Waals surface area (Å²) in [7, 11) is 0. The first kappa shape index (κ1) is 17.7. The molecule has 4 rings (SSSR count). The molecule has 0 fully saturated rings. The second-order valence-corrected chi connectivity index (χ2v) is 5.93. The van der Waals surface area contributed by atoms with Gasteiger partial charge in [-0.3, -0.25) is 4.98 Å². The van der Waals surface area contributed by atoms with Crippen LogP contribution < -0.4 is 0 Å². The molecular weight excluding hydrogens is 373 g/mol. The molecule has 4 aromatic rings. The van der Waals surface area contributed by atoms with Gasteiger partial charge in [0.05, 0.1) is 16.8 Å². The first-order valence-electron chi connectivity index (χ1n) is 8.07. The van der Waals surface area contributed by atoms with E-state index in [0.717, 1.165) is 12.1 Å². The predicted octanol–water partition coefficient (Wildman–Crippen LogP) is 4.20. The number of pyridine rings is 1. The molecule has 0 aliphatic carbocycles. The molecule has 2 heterocycles. The molecule has 0 amide bonds. The maximum absolute atomic E-state index is 13.0. The lowest BCUT2D eigenvalue weighted by molar-refractivity contribution is -0.137. The Morgan fingerprint density at radius 3 is 2.46 bits per heavy atom. The molecule has 6 nitrogen and oxygen atoms in total.